The van der Waals surface area contributed by atoms with Crippen LogP contribution in [0.15, 0.2) is 83.4 Å². The van der Waals surface area contributed by atoms with Gasteiger partial charge in [0.05, 0.1) is 18.3 Å². The van der Waals surface area contributed by atoms with Gasteiger partial charge in [-0.3, -0.25) is 9.48 Å². The van der Waals surface area contributed by atoms with Crippen molar-refractivity contribution >= 4 is 23.5 Å². The minimum atomic E-state index is -0.201. The lowest BCUT2D eigenvalue weighted by Crippen LogP contribution is -2.16. The van der Waals surface area contributed by atoms with E-state index in [0.717, 1.165) is 29.7 Å². The van der Waals surface area contributed by atoms with E-state index in [1.807, 2.05) is 70.9 Å². The summed E-state index contributed by atoms with van der Waals surface area (Å²) in [6.45, 7) is 2.79. The molecule has 4 rings (SSSR count). The van der Waals surface area contributed by atoms with E-state index < -0.39 is 0 Å². The molecule has 2 heterocycles. The average Bonchev–Trinajstić information content (AvgIpc) is 3.43. The molecular formula is C25H24N4OS. The smallest absolute Gasteiger partial charge is 0.267 e. The number of nitrogens with zero attached hydrogens (tertiary/aromatic N) is 3. The largest absolute Gasteiger partial charge is 0.272 e. The average molecular weight is 429 g/mol. The quantitative estimate of drug-likeness (QED) is 0.303. The van der Waals surface area contributed by atoms with Crippen LogP contribution in [0.3, 0.4) is 0 Å². The first-order valence-electron chi connectivity index (χ1n) is 10.3. The summed E-state index contributed by atoms with van der Waals surface area (Å²) in [5.74, 6) is -0.201. The zero-order valence-electron chi connectivity index (χ0n) is 17.4. The number of aryl methyl sites for hydroxylation is 1. The second kappa shape index (κ2) is 10.00. The minimum absolute atomic E-state index is 0.201. The molecule has 2 aromatic heterocycles. The van der Waals surface area contributed by atoms with Crippen molar-refractivity contribution in [3.8, 4) is 11.3 Å². The fourth-order valence-corrected chi connectivity index (χ4v) is 4.28. The predicted molar refractivity (Wildman–Crippen MR) is 127 cm³/mol. The van der Waals surface area contributed by atoms with Crippen LogP contribution in [0.25, 0.3) is 11.3 Å². The van der Waals surface area contributed by atoms with Crippen LogP contribution in [-0.4, -0.2) is 21.9 Å². The van der Waals surface area contributed by atoms with Gasteiger partial charge in [-0.15, -0.1) is 11.3 Å². The van der Waals surface area contributed by atoms with Gasteiger partial charge in [0, 0.05) is 27.6 Å². The summed E-state index contributed by atoms with van der Waals surface area (Å²) in [5, 5.41) is 10.9. The highest BCUT2D eigenvalue weighted by molar-refractivity contribution is 7.10. The zero-order chi connectivity index (χ0) is 21.5. The summed E-state index contributed by atoms with van der Waals surface area (Å²) in [6.07, 6.45) is 5.67. The third-order valence-electron chi connectivity index (χ3n) is 4.81. The van der Waals surface area contributed by atoms with E-state index in [2.05, 4.69) is 29.6 Å². The standard InChI is InChI=1S/C25H24N4OS/c1-2-9-23-14-21(18-31-23)25(30)27-26-15-22-17-29(16-19-10-5-3-6-11-19)28-24(22)20-12-7-4-8-13-20/h3-8,10-15,17-18H,2,9,16H2,1H3,(H,27,30)/b26-15+. The van der Waals surface area contributed by atoms with Crippen molar-refractivity contribution in [1.29, 1.82) is 0 Å². The van der Waals surface area contributed by atoms with Crippen LogP contribution >= 0.6 is 11.3 Å². The summed E-state index contributed by atoms with van der Waals surface area (Å²) < 4.78 is 1.90. The summed E-state index contributed by atoms with van der Waals surface area (Å²) in [5.41, 5.74) is 7.14. The molecule has 5 nitrogen and oxygen atoms in total. The maximum Gasteiger partial charge on any atom is 0.272 e. The summed E-state index contributed by atoms with van der Waals surface area (Å²) in [6, 6.07) is 22.1. The van der Waals surface area contributed by atoms with Gasteiger partial charge in [-0.05, 0) is 18.1 Å². The van der Waals surface area contributed by atoms with E-state index in [0.29, 0.717) is 12.1 Å². The molecule has 0 bridgehead atoms. The number of benzene rings is 2. The molecule has 0 saturated carbocycles. The molecule has 0 atom stereocenters. The Morgan fingerprint density at radius 2 is 1.87 bits per heavy atom. The van der Waals surface area contributed by atoms with Gasteiger partial charge in [0.1, 0.15) is 5.69 Å². The number of hydrazone groups is 1. The Morgan fingerprint density at radius 1 is 1.13 bits per heavy atom. The van der Waals surface area contributed by atoms with E-state index in [1.54, 1.807) is 17.6 Å². The Bertz CT molecular complexity index is 1160. The highest BCUT2D eigenvalue weighted by Gasteiger charge is 2.11. The predicted octanol–water partition coefficient (Wildman–Crippen LogP) is 5.38. The number of hydrogen-bond acceptors (Lipinski definition) is 4. The molecule has 6 heteroatoms. The van der Waals surface area contributed by atoms with Crippen LogP contribution in [0.4, 0.5) is 0 Å². The first-order valence-corrected chi connectivity index (χ1v) is 11.2. The van der Waals surface area contributed by atoms with Crippen molar-refractivity contribution < 1.29 is 4.79 Å². The second-order valence-electron chi connectivity index (χ2n) is 7.23. The summed E-state index contributed by atoms with van der Waals surface area (Å²) in [7, 11) is 0. The molecule has 31 heavy (non-hydrogen) atoms. The number of rotatable bonds is 8. The van der Waals surface area contributed by atoms with Gasteiger partial charge in [-0.1, -0.05) is 74.0 Å². The number of aromatic nitrogens is 2. The Labute approximate surface area is 186 Å². The number of carbonyl (C=O) groups is 1. The van der Waals surface area contributed by atoms with E-state index >= 15 is 0 Å². The van der Waals surface area contributed by atoms with Crippen molar-refractivity contribution in [3.63, 3.8) is 0 Å². The monoisotopic (exact) mass is 428 g/mol. The normalized spacial score (nSPS) is 11.1. The maximum atomic E-state index is 12.4. The molecule has 4 aromatic rings. The van der Waals surface area contributed by atoms with Crippen LogP contribution in [0.2, 0.25) is 0 Å². The van der Waals surface area contributed by atoms with Gasteiger partial charge in [0.2, 0.25) is 0 Å². The Balaban J connectivity index is 1.53. The van der Waals surface area contributed by atoms with Crippen LogP contribution in [0.5, 0.6) is 0 Å². The van der Waals surface area contributed by atoms with Crippen LogP contribution < -0.4 is 5.43 Å². The molecule has 1 amide bonds. The number of nitrogens with one attached hydrogen (secondary N) is 1. The highest BCUT2D eigenvalue weighted by Crippen LogP contribution is 2.21. The van der Waals surface area contributed by atoms with Crippen molar-refractivity contribution in [2.45, 2.75) is 26.3 Å². The minimum Gasteiger partial charge on any atom is -0.267 e. The lowest BCUT2D eigenvalue weighted by atomic mass is 10.1. The van der Waals surface area contributed by atoms with Crippen molar-refractivity contribution in [1.82, 2.24) is 15.2 Å². The highest BCUT2D eigenvalue weighted by atomic mass is 32.1. The van der Waals surface area contributed by atoms with Crippen molar-refractivity contribution in [3.05, 3.63) is 99.9 Å². The Morgan fingerprint density at radius 3 is 2.61 bits per heavy atom. The van der Waals surface area contributed by atoms with Gasteiger partial charge in [0.15, 0.2) is 0 Å². The van der Waals surface area contributed by atoms with Gasteiger partial charge >= 0.3 is 0 Å². The SMILES string of the molecule is CCCc1cc(C(=O)N/N=C/c2cn(Cc3ccccc3)nc2-c2ccccc2)cs1. The van der Waals surface area contributed by atoms with Crippen molar-refractivity contribution in [2.24, 2.45) is 5.10 Å². The zero-order valence-corrected chi connectivity index (χ0v) is 18.2. The molecule has 0 aliphatic carbocycles. The molecule has 0 radical (unpaired) electrons. The molecular weight excluding hydrogens is 404 g/mol. The lowest BCUT2D eigenvalue weighted by molar-refractivity contribution is 0.0955. The maximum absolute atomic E-state index is 12.4. The van der Waals surface area contributed by atoms with Crippen LogP contribution in [-0.2, 0) is 13.0 Å². The van der Waals surface area contributed by atoms with Gasteiger partial charge in [-0.2, -0.15) is 10.2 Å². The van der Waals surface area contributed by atoms with E-state index in [1.165, 1.54) is 10.4 Å². The fourth-order valence-electron chi connectivity index (χ4n) is 3.31. The number of hydrogen-bond donors (Lipinski definition) is 1. The summed E-state index contributed by atoms with van der Waals surface area (Å²) in [4.78, 5) is 13.6. The molecule has 0 saturated heterocycles. The first-order chi connectivity index (χ1) is 15.2. The number of carbonyl (C=O) groups excluding carboxylic acids is 1. The first kappa shape index (κ1) is 20.8. The molecule has 0 unspecified atom stereocenters. The van der Waals surface area contributed by atoms with Crippen LogP contribution in [0.1, 0.15) is 39.7 Å². The van der Waals surface area contributed by atoms with E-state index in [9.17, 15) is 4.79 Å². The molecule has 0 aliphatic rings. The Hall–Kier alpha value is -3.51. The molecule has 1 N–H and O–H groups in total. The third kappa shape index (κ3) is 5.35. The molecule has 0 spiro atoms. The van der Waals surface area contributed by atoms with Gasteiger partial charge < -0.3 is 0 Å². The number of amides is 1. The molecule has 0 fully saturated rings. The topological polar surface area (TPSA) is 59.3 Å². The Kier molecular flexibility index (Phi) is 6.69. The third-order valence-corrected chi connectivity index (χ3v) is 5.80. The fraction of sp³-hybridized carbons (Fsp3) is 0.160. The van der Waals surface area contributed by atoms with Gasteiger partial charge in [0.25, 0.3) is 5.91 Å². The molecule has 156 valence electrons. The van der Waals surface area contributed by atoms with E-state index in [4.69, 9.17) is 5.10 Å². The molecule has 0 aliphatic heterocycles. The van der Waals surface area contributed by atoms with E-state index in [-0.39, 0.29) is 5.91 Å². The van der Waals surface area contributed by atoms with Gasteiger partial charge in [-0.25, -0.2) is 5.43 Å². The lowest BCUT2D eigenvalue weighted by Gasteiger charge is -2.01. The second-order valence-corrected chi connectivity index (χ2v) is 8.23. The number of thiophene rings is 1. The summed E-state index contributed by atoms with van der Waals surface area (Å²) >= 11 is 1.61. The molecule has 2 aromatic carbocycles. The van der Waals surface area contributed by atoms with Crippen molar-refractivity contribution in [2.75, 3.05) is 0 Å². The van der Waals surface area contributed by atoms with Crippen LogP contribution in [0, 0.1) is 0 Å².